The van der Waals surface area contributed by atoms with Crippen molar-refractivity contribution in [1.29, 1.82) is 0 Å². The minimum Gasteiger partial charge on any atom is -0.337 e. The number of hydrogen-bond acceptors (Lipinski definition) is 3. The lowest BCUT2D eigenvalue weighted by Gasteiger charge is -1.96. The SMILES string of the molecule is NCNC(=O)C(=O)C=Cc1ccccc1. The van der Waals surface area contributed by atoms with Crippen LogP contribution >= 0.6 is 0 Å². The molecule has 0 aliphatic heterocycles. The van der Waals surface area contributed by atoms with E-state index >= 15 is 0 Å². The second-order valence-electron chi connectivity index (χ2n) is 2.82. The largest absolute Gasteiger partial charge is 0.337 e. The van der Waals surface area contributed by atoms with Gasteiger partial charge in [-0.3, -0.25) is 9.59 Å². The molecule has 3 N–H and O–H groups in total. The summed E-state index contributed by atoms with van der Waals surface area (Å²) in [5, 5.41) is 2.22. The van der Waals surface area contributed by atoms with Gasteiger partial charge in [0.2, 0.25) is 5.78 Å². The third-order valence-electron chi connectivity index (χ3n) is 1.71. The molecule has 0 saturated heterocycles. The van der Waals surface area contributed by atoms with E-state index in [0.717, 1.165) is 5.56 Å². The van der Waals surface area contributed by atoms with Crippen molar-refractivity contribution < 1.29 is 9.59 Å². The molecular weight excluding hydrogens is 192 g/mol. The Morgan fingerprint density at radius 2 is 1.93 bits per heavy atom. The molecule has 0 radical (unpaired) electrons. The number of amides is 1. The summed E-state index contributed by atoms with van der Waals surface area (Å²) in [7, 11) is 0. The highest BCUT2D eigenvalue weighted by Gasteiger charge is 2.07. The van der Waals surface area contributed by atoms with Gasteiger partial charge in [-0.15, -0.1) is 0 Å². The second kappa shape index (κ2) is 5.72. The van der Waals surface area contributed by atoms with Gasteiger partial charge in [-0.2, -0.15) is 0 Å². The maximum absolute atomic E-state index is 11.2. The van der Waals surface area contributed by atoms with Crippen molar-refractivity contribution >= 4 is 17.8 Å². The van der Waals surface area contributed by atoms with E-state index in [0.29, 0.717) is 0 Å². The first-order valence-electron chi connectivity index (χ1n) is 4.49. The number of ketones is 1. The van der Waals surface area contributed by atoms with Gasteiger partial charge in [-0.05, 0) is 11.6 Å². The van der Waals surface area contributed by atoms with Gasteiger partial charge in [-0.25, -0.2) is 0 Å². The summed E-state index contributed by atoms with van der Waals surface area (Å²) in [6, 6.07) is 9.25. The van der Waals surface area contributed by atoms with Crippen molar-refractivity contribution in [3.63, 3.8) is 0 Å². The molecule has 78 valence electrons. The lowest BCUT2D eigenvalue weighted by Crippen LogP contribution is -2.34. The zero-order valence-electron chi connectivity index (χ0n) is 8.14. The van der Waals surface area contributed by atoms with Crippen LogP contribution < -0.4 is 11.1 Å². The van der Waals surface area contributed by atoms with Crippen LogP contribution in [-0.2, 0) is 9.59 Å². The quantitative estimate of drug-likeness (QED) is 0.421. The van der Waals surface area contributed by atoms with Gasteiger partial charge >= 0.3 is 0 Å². The van der Waals surface area contributed by atoms with E-state index in [1.54, 1.807) is 6.08 Å². The van der Waals surface area contributed by atoms with Crippen LogP contribution in [0.2, 0.25) is 0 Å². The summed E-state index contributed by atoms with van der Waals surface area (Å²) in [5.74, 6) is -1.30. The number of nitrogens with one attached hydrogen (secondary N) is 1. The van der Waals surface area contributed by atoms with Crippen LogP contribution in [-0.4, -0.2) is 18.4 Å². The number of carbonyl (C=O) groups is 2. The third kappa shape index (κ3) is 3.74. The van der Waals surface area contributed by atoms with Crippen LogP contribution in [0.4, 0.5) is 0 Å². The Morgan fingerprint density at radius 3 is 2.53 bits per heavy atom. The number of nitrogens with two attached hydrogens (primary N) is 1. The summed E-state index contributed by atoms with van der Waals surface area (Å²) >= 11 is 0. The van der Waals surface area contributed by atoms with Crippen molar-refractivity contribution in [2.24, 2.45) is 5.73 Å². The Bertz CT molecular complexity index is 371. The fourth-order valence-electron chi connectivity index (χ4n) is 0.992. The monoisotopic (exact) mass is 204 g/mol. The molecule has 0 heterocycles. The molecule has 0 saturated carbocycles. The van der Waals surface area contributed by atoms with Gasteiger partial charge in [0.1, 0.15) is 0 Å². The van der Waals surface area contributed by atoms with Crippen molar-refractivity contribution in [2.45, 2.75) is 0 Å². The van der Waals surface area contributed by atoms with E-state index in [1.165, 1.54) is 6.08 Å². The Hall–Kier alpha value is -1.94. The van der Waals surface area contributed by atoms with Crippen molar-refractivity contribution in [3.8, 4) is 0 Å². The highest BCUT2D eigenvalue weighted by atomic mass is 16.2. The minimum atomic E-state index is -0.690. The molecule has 0 atom stereocenters. The predicted molar refractivity (Wildman–Crippen MR) is 57.7 cm³/mol. The Kier molecular flexibility index (Phi) is 4.25. The van der Waals surface area contributed by atoms with Gasteiger partial charge in [0.15, 0.2) is 0 Å². The highest BCUT2D eigenvalue weighted by Crippen LogP contribution is 2.00. The molecule has 0 bridgehead atoms. The first-order chi connectivity index (χ1) is 7.24. The molecular formula is C11H12N2O2. The number of rotatable bonds is 4. The second-order valence-corrected chi connectivity index (χ2v) is 2.82. The van der Waals surface area contributed by atoms with Gasteiger partial charge in [0.05, 0.1) is 6.67 Å². The van der Waals surface area contributed by atoms with Crippen LogP contribution in [0, 0.1) is 0 Å². The van der Waals surface area contributed by atoms with E-state index in [2.05, 4.69) is 5.32 Å². The standard InChI is InChI=1S/C11H12N2O2/c12-8-13-11(15)10(14)7-6-9-4-2-1-3-5-9/h1-7H,8,12H2,(H,13,15). The Labute approximate surface area is 87.8 Å². The molecule has 4 heteroatoms. The van der Waals surface area contributed by atoms with Gasteiger partial charge in [0, 0.05) is 0 Å². The number of benzene rings is 1. The van der Waals surface area contributed by atoms with E-state index < -0.39 is 11.7 Å². The van der Waals surface area contributed by atoms with E-state index in [9.17, 15) is 9.59 Å². The first-order valence-corrected chi connectivity index (χ1v) is 4.49. The summed E-state index contributed by atoms with van der Waals surface area (Å²) < 4.78 is 0. The van der Waals surface area contributed by atoms with E-state index in [-0.39, 0.29) is 6.67 Å². The molecule has 4 nitrogen and oxygen atoms in total. The molecule has 1 rings (SSSR count). The molecule has 0 fully saturated rings. The average Bonchev–Trinajstić information content (AvgIpc) is 2.27. The molecule has 1 aromatic rings. The first kappa shape index (κ1) is 11.1. The molecule has 15 heavy (non-hydrogen) atoms. The molecule has 0 aliphatic rings. The van der Waals surface area contributed by atoms with Crippen LogP contribution in [0.25, 0.3) is 6.08 Å². The predicted octanol–water partition coefficient (Wildman–Crippen LogP) is 0.301. The van der Waals surface area contributed by atoms with Crippen LogP contribution in [0.15, 0.2) is 36.4 Å². The van der Waals surface area contributed by atoms with Gasteiger partial charge in [-0.1, -0.05) is 36.4 Å². The normalized spacial score (nSPS) is 10.2. The molecule has 0 spiro atoms. The van der Waals surface area contributed by atoms with Gasteiger partial charge < -0.3 is 11.1 Å². The maximum atomic E-state index is 11.2. The van der Waals surface area contributed by atoms with Crippen LogP contribution in [0.5, 0.6) is 0 Å². The molecule has 0 aliphatic carbocycles. The van der Waals surface area contributed by atoms with E-state index in [4.69, 9.17) is 5.73 Å². The zero-order chi connectivity index (χ0) is 11.1. The Morgan fingerprint density at radius 1 is 1.27 bits per heavy atom. The molecule has 0 unspecified atom stereocenters. The highest BCUT2D eigenvalue weighted by molar-refractivity contribution is 6.41. The fraction of sp³-hybridized carbons (Fsp3) is 0.0909. The third-order valence-corrected chi connectivity index (χ3v) is 1.71. The van der Waals surface area contributed by atoms with Crippen molar-refractivity contribution in [1.82, 2.24) is 5.32 Å². The summed E-state index contributed by atoms with van der Waals surface area (Å²) in [6.45, 7) is -0.0379. The molecule has 0 aromatic heterocycles. The summed E-state index contributed by atoms with van der Waals surface area (Å²) in [4.78, 5) is 22.1. The van der Waals surface area contributed by atoms with E-state index in [1.807, 2.05) is 30.3 Å². The topological polar surface area (TPSA) is 72.2 Å². The fourth-order valence-corrected chi connectivity index (χ4v) is 0.992. The van der Waals surface area contributed by atoms with Crippen LogP contribution in [0.1, 0.15) is 5.56 Å². The van der Waals surface area contributed by atoms with Crippen molar-refractivity contribution in [3.05, 3.63) is 42.0 Å². The molecule has 1 aromatic carbocycles. The maximum Gasteiger partial charge on any atom is 0.292 e. The summed E-state index contributed by atoms with van der Waals surface area (Å²) in [6.07, 6.45) is 2.80. The average molecular weight is 204 g/mol. The smallest absolute Gasteiger partial charge is 0.292 e. The Balaban J connectivity index is 2.59. The lowest BCUT2D eigenvalue weighted by molar-refractivity contribution is -0.135. The minimum absolute atomic E-state index is 0.0379. The zero-order valence-corrected chi connectivity index (χ0v) is 8.14. The lowest BCUT2D eigenvalue weighted by atomic mass is 10.2. The molecule has 1 amide bonds. The van der Waals surface area contributed by atoms with Crippen LogP contribution in [0.3, 0.4) is 0 Å². The number of hydrogen-bond donors (Lipinski definition) is 2. The van der Waals surface area contributed by atoms with Gasteiger partial charge in [0.25, 0.3) is 5.91 Å². The number of carbonyl (C=O) groups excluding carboxylic acids is 2. The van der Waals surface area contributed by atoms with Crippen molar-refractivity contribution in [2.75, 3.05) is 6.67 Å². The summed E-state index contributed by atoms with van der Waals surface area (Å²) in [5.41, 5.74) is 5.93.